The van der Waals surface area contributed by atoms with Gasteiger partial charge in [-0.25, -0.2) is 4.98 Å². The molecule has 0 fully saturated rings. The normalized spacial score (nSPS) is 15.5. The van der Waals surface area contributed by atoms with Crippen LogP contribution in [0.5, 0.6) is 5.75 Å². The van der Waals surface area contributed by atoms with Crippen LogP contribution < -0.4 is 15.4 Å². The molecule has 2 aromatic carbocycles. The van der Waals surface area contributed by atoms with Crippen LogP contribution in [0.2, 0.25) is 0 Å². The molecule has 1 atom stereocenters. The number of benzene rings is 2. The first-order chi connectivity index (χ1) is 13.7. The number of nitrogens with one attached hydrogen (secondary N) is 2. The summed E-state index contributed by atoms with van der Waals surface area (Å²) >= 11 is 1.33. The minimum absolute atomic E-state index is 0.101. The van der Waals surface area contributed by atoms with Crippen molar-refractivity contribution < 1.29 is 14.3 Å². The van der Waals surface area contributed by atoms with Crippen molar-refractivity contribution in [3.8, 4) is 5.75 Å². The Morgan fingerprint density at radius 2 is 2.04 bits per heavy atom. The summed E-state index contributed by atoms with van der Waals surface area (Å²) in [5, 5.41) is 8.38. The van der Waals surface area contributed by atoms with E-state index in [1.165, 1.54) is 16.2 Å². The van der Waals surface area contributed by atoms with Gasteiger partial charge in [-0.3, -0.25) is 9.59 Å². The van der Waals surface area contributed by atoms with Crippen LogP contribution in [0.25, 0.3) is 0 Å². The van der Waals surface area contributed by atoms with Crippen molar-refractivity contribution in [1.29, 1.82) is 0 Å². The molecule has 7 nitrogen and oxygen atoms in total. The summed E-state index contributed by atoms with van der Waals surface area (Å²) in [5.41, 5.74) is 2.13. The van der Waals surface area contributed by atoms with Gasteiger partial charge in [-0.1, -0.05) is 24.3 Å². The second kappa shape index (κ2) is 7.69. The Morgan fingerprint density at radius 1 is 1.25 bits per heavy atom. The fourth-order valence-electron chi connectivity index (χ4n) is 3.10. The Balaban J connectivity index is 1.64. The number of thiazole rings is 1. The van der Waals surface area contributed by atoms with Gasteiger partial charge in [-0.15, -0.1) is 11.3 Å². The SMILES string of the molecule is COc1ccc([C@@H]2Nc3ccccc3C(=O)N2CC(=O)Nc2nccs2)cc1. The van der Waals surface area contributed by atoms with Crippen LogP contribution in [-0.4, -0.2) is 35.4 Å². The van der Waals surface area contributed by atoms with Gasteiger partial charge < -0.3 is 20.3 Å². The summed E-state index contributed by atoms with van der Waals surface area (Å²) in [5.74, 6) is 0.215. The molecule has 1 aliphatic rings. The van der Waals surface area contributed by atoms with E-state index in [1.54, 1.807) is 30.8 Å². The number of fused-ring (bicyclic) bond motifs is 1. The minimum atomic E-state index is -0.477. The lowest BCUT2D eigenvalue weighted by Crippen LogP contribution is -2.46. The maximum atomic E-state index is 13.1. The maximum Gasteiger partial charge on any atom is 0.258 e. The molecule has 0 saturated carbocycles. The third-order valence-electron chi connectivity index (χ3n) is 4.45. The van der Waals surface area contributed by atoms with Crippen LogP contribution in [0, 0.1) is 0 Å². The van der Waals surface area contributed by atoms with Crippen LogP contribution >= 0.6 is 11.3 Å². The number of amides is 2. The van der Waals surface area contributed by atoms with Crippen molar-refractivity contribution >= 4 is 34.0 Å². The predicted molar refractivity (Wildman–Crippen MR) is 108 cm³/mol. The summed E-state index contributed by atoms with van der Waals surface area (Å²) in [4.78, 5) is 31.2. The molecule has 1 aliphatic heterocycles. The number of hydrogen-bond donors (Lipinski definition) is 2. The molecule has 0 spiro atoms. The molecule has 0 radical (unpaired) electrons. The smallest absolute Gasteiger partial charge is 0.258 e. The zero-order valence-corrected chi connectivity index (χ0v) is 15.9. The zero-order chi connectivity index (χ0) is 19.5. The highest BCUT2D eigenvalue weighted by Crippen LogP contribution is 2.33. The molecule has 2 amide bonds. The highest BCUT2D eigenvalue weighted by molar-refractivity contribution is 7.13. The van der Waals surface area contributed by atoms with E-state index in [2.05, 4.69) is 15.6 Å². The van der Waals surface area contributed by atoms with Crippen LogP contribution in [0.3, 0.4) is 0 Å². The van der Waals surface area contributed by atoms with Crippen molar-refractivity contribution in [2.45, 2.75) is 6.17 Å². The maximum absolute atomic E-state index is 13.1. The van der Waals surface area contributed by atoms with E-state index >= 15 is 0 Å². The molecular formula is C20H18N4O3S. The molecule has 2 N–H and O–H groups in total. The van der Waals surface area contributed by atoms with E-state index in [1.807, 2.05) is 36.4 Å². The molecule has 2 heterocycles. The highest BCUT2D eigenvalue weighted by Gasteiger charge is 2.34. The number of carbonyl (C=O) groups is 2. The lowest BCUT2D eigenvalue weighted by atomic mass is 10.0. The number of carbonyl (C=O) groups excluding carboxylic acids is 2. The first kappa shape index (κ1) is 18.0. The predicted octanol–water partition coefficient (Wildman–Crippen LogP) is 3.36. The van der Waals surface area contributed by atoms with E-state index in [4.69, 9.17) is 4.74 Å². The number of para-hydroxylation sites is 1. The average molecular weight is 394 g/mol. The Bertz CT molecular complexity index is 989. The number of anilines is 2. The first-order valence-corrected chi connectivity index (χ1v) is 9.53. The number of rotatable bonds is 5. The molecule has 142 valence electrons. The summed E-state index contributed by atoms with van der Waals surface area (Å²) < 4.78 is 5.21. The topological polar surface area (TPSA) is 83.6 Å². The first-order valence-electron chi connectivity index (χ1n) is 8.65. The third-order valence-corrected chi connectivity index (χ3v) is 5.13. The Hall–Kier alpha value is -3.39. The second-order valence-corrected chi connectivity index (χ2v) is 7.08. The van der Waals surface area contributed by atoms with Gasteiger partial charge in [-0.05, 0) is 29.8 Å². The van der Waals surface area contributed by atoms with Crippen molar-refractivity contribution in [2.75, 3.05) is 24.3 Å². The number of methoxy groups -OCH3 is 1. The highest BCUT2D eigenvalue weighted by atomic mass is 32.1. The largest absolute Gasteiger partial charge is 0.497 e. The van der Waals surface area contributed by atoms with Gasteiger partial charge in [0.05, 0.1) is 12.7 Å². The van der Waals surface area contributed by atoms with Gasteiger partial charge in [0.1, 0.15) is 18.5 Å². The molecule has 0 unspecified atom stereocenters. The molecule has 4 rings (SSSR count). The fraction of sp³-hybridized carbons (Fsp3) is 0.150. The van der Waals surface area contributed by atoms with Gasteiger partial charge in [0.15, 0.2) is 5.13 Å². The summed E-state index contributed by atoms with van der Waals surface area (Å²) in [6.45, 7) is -0.101. The van der Waals surface area contributed by atoms with Gasteiger partial charge in [-0.2, -0.15) is 0 Å². The minimum Gasteiger partial charge on any atom is -0.497 e. The van der Waals surface area contributed by atoms with Crippen LogP contribution in [0.1, 0.15) is 22.1 Å². The number of aromatic nitrogens is 1. The second-order valence-electron chi connectivity index (χ2n) is 6.18. The van der Waals surface area contributed by atoms with Gasteiger partial charge >= 0.3 is 0 Å². The molecule has 0 saturated heterocycles. The molecule has 0 bridgehead atoms. The number of hydrogen-bond acceptors (Lipinski definition) is 6. The van der Waals surface area contributed by atoms with Crippen LogP contribution in [0.4, 0.5) is 10.8 Å². The van der Waals surface area contributed by atoms with E-state index in [-0.39, 0.29) is 18.4 Å². The number of ether oxygens (including phenoxy) is 1. The zero-order valence-electron chi connectivity index (χ0n) is 15.1. The van der Waals surface area contributed by atoms with Gasteiger partial charge in [0, 0.05) is 17.3 Å². The fourth-order valence-corrected chi connectivity index (χ4v) is 3.65. The standard InChI is InChI=1S/C20H18N4O3S/c1-27-14-8-6-13(7-9-14)18-22-16-5-3-2-4-15(16)19(26)24(18)12-17(25)23-20-21-10-11-28-20/h2-11,18,22H,12H2,1H3,(H,21,23,25)/t18-/m1/s1. The molecule has 1 aromatic heterocycles. The summed E-state index contributed by atoms with van der Waals surface area (Å²) in [7, 11) is 1.60. The van der Waals surface area contributed by atoms with Gasteiger partial charge in [0.25, 0.3) is 5.91 Å². The van der Waals surface area contributed by atoms with Crippen LogP contribution in [-0.2, 0) is 4.79 Å². The monoisotopic (exact) mass is 394 g/mol. The quantitative estimate of drug-likeness (QED) is 0.693. The van der Waals surface area contributed by atoms with E-state index in [9.17, 15) is 9.59 Å². The van der Waals surface area contributed by atoms with E-state index < -0.39 is 6.17 Å². The lowest BCUT2D eigenvalue weighted by molar-refractivity contribution is -0.117. The average Bonchev–Trinajstić information content (AvgIpc) is 3.23. The molecule has 28 heavy (non-hydrogen) atoms. The van der Waals surface area contributed by atoms with Crippen molar-refractivity contribution in [3.63, 3.8) is 0 Å². The Labute approximate surface area is 166 Å². The summed E-state index contributed by atoms with van der Waals surface area (Å²) in [6.07, 6.45) is 1.14. The van der Waals surface area contributed by atoms with Crippen molar-refractivity contribution in [3.05, 3.63) is 71.2 Å². The van der Waals surface area contributed by atoms with Crippen LogP contribution in [0.15, 0.2) is 60.1 Å². The van der Waals surface area contributed by atoms with E-state index in [0.29, 0.717) is 10.7 Å². The van der Waals surface area contributed by atoms with Gasteiger partial charge in [0.2, 0.25) is 5.91 Å². The molecular weight excluding hydrogens is 376 g/mol. The van der Waals surface area contributed by atoms with E-state index in [0.717, 1.165) is 17.0 Å². The molecule has 0 aliphatic carbocycles. The molecule has 8 heteroatoms. The Kier molecular flexibility index (Phi) is 4.94. The summed E-state index contributed by atoms with van der Waals surface area (Å²) in [6, 6.07) is 14.7. The van der Waals surface area contributed by atoms with Crippen molar-refractivity contribution in [1.82, 2.24) is 9.88 Å². The lowest BCUT2D eigenvalue weighted by Gasteiger charge is -2.37. The van der Waals surface area contributed by atoms with Crippen molar-refractivity contribution in [2.24, 2.45) is 0 Å². The number of nitrogens with zero attached hydrogens (tertiary/aromatic N) is 2. The third kappa shape index (κ3) is 3.54. The Morgan fingerprint density at radius 3 is 2.75 bits per heavy atom. The molecule has 3 aromatic rings.